The third kappa shape index (κ3) is 3.96. The predicted octanol–water partition coefficient (Wildman–Crippen LogP) is 4.33. The number of amides is 1. The summed E-state index contributed by atoms with van der Waals surface area (Å²) in [7, 11) is -0.802. The minimum absolute atomic E-state index is 0.172. The van der Waals surface area contributed by atoms with Crippen molar-refractivity contribution in [3.05, 3.63) is 83.4 Å². The van der Waals surface area contributed by atoms with Gasteiger partial charge in [0, 0.05) is 24.1 Å². The molecule has 3 aromatic rings. The number of rotatable bonds is 5. The molecule has 6 nitrogen and oxygen atoms in total. The van der Waals surface area contributed by atoms with Crippen molar-refractivity contribution < 1.29 is 22.7 Å². The molecule has 0 aliphatic carbocycles. The van der Waals surface area contributed by atoms with Crippen LogP contribution in [0.2, 0.25) is 0 Å². The topological polar surface area (TPSA) is 81.7 Å². The fourth-order valence-corrected chi connectivity index (χ4v) is 6.11. The van der Waals surface area contributed by atoms with Crippen LogP contribution in [0.4, 0.5) is 5.69 Å². The third-order valence-electron chi connectivity index (χ3n) is 5.83. The first-order chi connectivity index (χ1) is 15.3. The molecule has 0 saturated heterocycles. The smallest absolute Gasteiger partial charge is 0.225 e. The molecule has 1 aliphatic rings. The molecule has 0 saturated carbocycles. The van der Waals surface area contributed by atoms with E-state index in [1.807, 2.05) is 37.3 Å². The van der Waals surface area contributed by atoms with E-state index in [1.54, 1.807) is 36.4 Å². The number of hydrogen-bond donors (Lipinski definition) is 1. The molecule has 1 heterocycles. The normalized spacial score (nSPS) is 18.3. The Balaban J connectivity index is 1.97. The minimum Gasteiger partial charge on any atom is -0.493 e. The number of benzene rings is 3. The van der Waals surface area contributed by atoms with Crippen LogP contribution in [-0.2, 0) is 14.6 Å². The number of fused-ring (bicyclic) bond motifs is 1. The largest absolute Gasteiger partial charge is 0.493 e. The predicted molar refractivity (Wildman–Crippen MR) is 123 cm³/mol. The zero-order chi connectivity index (χ0) is 22.9. The number of sulfone groups is 1. The number of hydrogen-bond acceptors (Lipinski definition) is 5. The van der Waals surface area contributed by atoms with E-state index in [4.69, 9.17) is 9.47 Å². The summed E-state index contributed by atoms with van der Waals surface area (Å²) in [5, 5.41) is 1.88. The molecule has 1 aliphatic heterocycles. The van der Waals surface area contributed by atoms with Crippen molar-refractivity contribution in [1.29, 1.82) is 0 Å². The molecule has 0 spiro atoms. The monoisotopic (exact) mass is 451 g/mol. The fourth-order valence-electron chi connectivity index (χ4n) is 4.21. The Hall–Kier alpha value is -3.32. The van der Waals surface area contributed by atoms with Gasteiger partial charge in [-0.2, -0.15) is 0 Å². The fraction of sp³-hybridized carbons (Fsp3) is 0.240. The molecule has 2 atom stereocenters. The van der Waals surface area contributed by atoms with Crippen LogP contribution in [0.1, 0.15) is 29.0 Å². The summed E-state index contributed by atoms with van der Waals surface area (Å²) in [5.74, 6) is -0.0261. The molecule has 0 fully saturated rings. The number of methoxy groups -OCH3 is 2. The van der Waals surface area contributed by atoms with Crippen molar-refractivity contribution in [3.63, 3.8) is 0 Å². The summed E-state index contributed by atoms with van der Waals surface area (Å²) in [6, 6.07) is 19.6. The average molecular weight is 452 g/mol. The van der Waals surface area contributed by atoms with Crippen LogP contribution < -0.4 is 14.8 Å². The van der Waals surface area contributed by atoms with Crippen molar-refractivity contribution in [2.24, 2.45) is 0 Å². The third-order valence-corrected chi connectivity index (χ3v) is 8.00. The maximum absolute atomic E-state index is 13.8. The summed E-state index contributed by atoms with van der Waals surface area (Å²) in [6.45, 7) is 1.90. The first-order valence-electron chi connectivity index (χ1n) is 10.3. The van der Waals surface area contributed by atoms with E-state index in [0.717, 1.165) is 11.1 Å². The van der Waals surface area contributed by atoms with Crippen molar-refractivity contribution in [3.8, 4) is 11.5 Å². The Morgan fingerprint density at radius 3 is 2.16 bits per heavy atom. The lowest BCUT2D eigenvalue weighted by Crippen LogP contribution is -2.31. The minimum atomic E-state index is -3.84. The van der Waals surface area contributed by atoms with E-state index < -0.39 is 21.0 Å². The van der Waals surface area contributed by atoms with Gasteiger partial charge in [0.1, 0.15) is 0 Å². The average Bonchev–Trinajstić information content (AvgIpc) is 2.94. The zero-order valence-corrected chi connectivity index (χ0v) is 19.0. The van der Waals surface area contributed by atoms with Crippen LogP contribution in [-0.4, -0.2) is 33.8 Å². The van der Waals surface area contributed by atoms with Crippen molar-refractivity contribution in [1.82, 2.24) is 0 Å². The van der Waals surface area contributed by atoms with E-state index in [1.165, 1.54) is 14.2 Å². The Morgan fingerprint density at radius 2 is 1.53 bits per heavy atom. The van der Waals surface area contributed by atoms with E-state index in [0.29, 0.717) is 22.7 Å². The molecule has 0 radical (unpaired) electrons. The molecular formula is C25H25NO5S. The Labute approximate surface area is 188 Å². The molecule has 7 heteroatoms. The molecule has 1 amide bonds. The van der Waals surface area contributed by atoms with Gasteiger partial charge < -0.3 is 14.8 Å². The van der Waals surface area contributed by atoms with Gasteiger partial charge >= 0.3 is 0 Å². The lowest BCUT2D eigenvalue weighted by Gasteiger charge is -2.27. The maximum atomic E-state index is 13.8. The van der Waals surface area contributed by atoms with Crippen LogP contribution in [0, 0.1) is 6.92 Å². The Kier molecular flexibility index (Phi) is 5.93. The van der Waals surface area contributed by atoms with Gasteiger partial charge in [-0.3, -0.25) is 4.79 Å². The van der Waals surface area contributed by atoms with Crippen molar-refractivity contribution in [2.75, 3.05) is 19.5 Å². The number of carbonyl (C=O) groups excluding carboxylic acids is 1. The summed E-state index contributed by atoms with van der Waals surface area (Å²) in [4.78, 5) is 13.1. The van der Waals surface area contributed by atoms with Gasteiger partial charge in [-0.1, -0.05) is 48.0 Å². The van der Waals surface area contributed by atoms with Crippen molar-refractivity contribution >= 4 is 21.4 Å². The van der Waals surface area contributed by atoms with Gasteiger partial charge in [-0.05, 0) is 36.2 Å². The quantitative estimate of drug-likeness (QED) is 0.625. The van der Waals surface area contributed by atoms with Crippen LogP contribution in [0.3, 0.4) is 0 Å². The first-order valence-corrected chi connectivity index (χ1v) is 11.8. The number of aryl methyl sites for hydroxylation is 1. The summed E-state index contributed by atoms with van der Waals surface area (Å²) >= 11 is 0. The number of anilines is 1. The molecule has 0 bridgehead atoms. The number of carbonyl (C=O) groups is 1. The van der Waals surface area contributed by atoms with E-state index >= 15 is 0 Å². The van der Waals surface area contributed by atoms with E-state index in [2.05, 4.69) is 5.32 Å². The van der Waals surface area contributed by atoms with E-state index in [-0.39, 0.29) is 17.2 Å². The molecule has 4 rings (SSSR count). The highest BCUT2D eigenvalue weighted by atomic mass is 32.2. The highest BCUT2D eigenvalue weighted by Gasteiger charge is 2.41. The first kappa shape index (κ1) is 21.9. The second-order valence-electron chi connectivity index (χ2n) is 7.83. The van der Waals surface area contributed by atoms with Crippen molar-refractivity contribution in [2.45, 2.75) is 29.4 Å². The van der Waals surface area contributed by atoms with Gasteiger partial charge in [0.05, 0.1) is 24.4 Å². The van der Waals surface area contributed by atoms with Gasteiger partial charge in [0.25, 0.3) is 0 Å². The Bertz CT molecular complexity index is 1240. The SMILES string of the molecule is COc1cc2c(cc1OC)C(c1ccccc1)C(S(=O)(=O)c1ccc(C)cc1)CC(=O)N2. The molecule has 3 aromatic carbocycles. The zero-order valence-electron chi connectivity index (χ0n) is 18.2. The lowest BCUT2D eigenvalue weighted by molar-refractivity contribution is -0.116. The highest BCUT2D eigenvalue weighted by Crippen LogP contribution is 2.45. The van der Waals surface area contributed by atoms with Crippen LogP contribution in [0.25, 0.3) is 0 Å². The second kappa shape index (κ2) is 8.67. The summed E-state index contributed by atoms with van der Waals surface area (Å²) in [5.41, 5.74) is 2.95. The van der Waals surface area contributed by atoms with Gasteiger partial charge in [0.15, 0.2) is 21.3 Å². The summed E-state index contributed by atoms with van der Waals surface area (Å²) < 4.78 is 38.5. The van der Waals surface area contributed by atoms with Crippen LogP contribution in [0.15, 0.2) is 71.6 Å². The molecule has 32 heavy (non-hydrogen) atoms. The molecule has 1 N–H and O–H groups in total. The van der Waals surface area contributed by atoms with Crippen LogP contribution in [0.5, 0.6) is 11.5 Å². The van der Waals surface area contributed by atoms with Gasteiger partial charge in [0.2, 0.25) is 5.91 Å². The van der Waals surface area contributed by atoms with E-state index in [9.17, 15) is 13.2 Å². The lowest BCUT2D eigenvalue weighted by atomic mass is 9.86. The second-order valence-corrected chi connectivity index (χ2v) is 10.00. The highest BCUT2D eigenvalue weighted by molar-refractivity contribution is 7.92. The van der Waals surface area contributed by atoms with Gasteiger partial charge in [-0.15, -0.1) is 0 Å². The summed E-state index contributed by atoms with van der Waals surface area (Å²) in [6.07, 6.45) is -0.172. The number of nitrogens with one attached hydrogen (secondary N) is 1. The molecule has 2 unspecified atom stereocenters. The standard InChI is InChI=1S/C25H25NO5S/c1-16-9-11-18(12-10-16)32(28,29)23-15-24(27)26-20-14-22(31-3)21(30-2)13-19(20)25(23)17-7-5-4-6-8-17/h4-14,23,25H,15H2,1-3H3,(H,26,27). The van der Waals surface area contributed by atoms with Gasteiger partial charge in [-0.25, -0.2) is 8.42 Å². The Morgan fingerprint density at radius 1 is 0.906 bits per heavy atom. The molecule has 166 valence electrons. The van der Waals surface area contributed by atoms with Crippen LogP contribution >= 0.6 is 0 Å². The number of ether oxygens (including phenoxy) is 2. The molecular weight excluding hydrogens is 426 g/mol. The maximum Gasteiger partial charge on any atom is 0.225 e. The molecule has 0 aromatic heterocycles.